The molecule has 6 nitrogen and oxygen atoms in total. The van der Waals surface area contributed by atoms with Gasteiger partial charge < -0.3 is 10.3 Å². The molecule has 0 saturated carbocycles. The van der Waals surface area contributed by atoms with Crippen LogP contribution >= 0.6 is 0 Å². The first-order valence-corrected chi connectivity index (χ1v) is 8.45. The van der Waals surface area contributed by atoms with Gasteiger partial charge in [-0.15, -0.1) is 0 Å². The first kappa shape index (κ1) is 17.1. The monoisotopic (exact) mass is 337 g/mol. The number of amides is 1. The molecule has 0 bridgehead atoms. The van der Waals surface area contributed by atoms with Gasteiger partial charge in [0.25, 0.3) is 5.91 Å². The van der Waals surface area contributed by atoms with E-state index in [9.17, 15) is 4.79 Å². The Morgan fingerprint density at radius 3 is 2.64 bits per heavy atom. The second kappa shape index (κ2) is 7.92. The standard InChI is InChI=1S/C19H23N5O/c1-2-8-22-23-11-14-3-5-15(6-4-14)13-24-17(19(20)25)10-16-7-9-21-12-18(16)24/h3-7,9-10,12,22-23H,2,8,11,13H2,1H3,(H2,20,25). The number of nitrogens with two attached hydrogens (primary N) is 1. The van der Waals surface area contributed by atoms with Crippen LogP contribution in [-0.2, 0) is 13.1 Å². The maximum atomic E-state index is 11.8. The molecular formula is C19H23N5O. The third-order valence-electron chi connectivity index (χ3n) is 4.12. The highest BCUT2D eigenvalue weighted by molar-refractivity contribution is 5.97. The van der Waals surface area contributed by atoms with E-state index in [1.807, 2.05) is 16.7 Å². The van der Waals surface area contributed by atoms with E-state index >= 15 is 0 Å². The molecule has 6 heteroatoms. The zero-order valence-corrected chi connectivity index (χ0v) is 14.3. The Morgan fingerprint density at radius 1 is 1.16 bits per heavy atom. The van der Waals surface area contributed by atoms with Gasteiger partial charge in [-0.25, -0.2) is 0 Å². The zero-order chi connectivity index (χ0) is 17.6. The minimum absolute atomic E-state index is 0.431. The van der Waals surface area contributed by atoms with Crippen molar-refractivity contribution < 1.29 is 4.79 Å². The molecule has 2 heterocycles. The number of rotatable bonds is 8. The largest absolute Gasteiger partial charge is 0.364 e. The quantitative estimate of drug-likeness (QED) is 0.434. The number of hydrogen-bond donors (Lipinski definition) is 3. The van der Waals surface area contributed by atoms with Crippen LogP contribution in [0, 0.1) is 0 Å². The lowest BCUT2D eigenvalue weighted by Gasteiger charge is -2.10. The average molecular weight is 337 g/mol. The van der Waals surface area contributed by atoms with Crippen molar-refractivity contribution in [2.24, 2.45) is 5.73 Å². The van der Waals surface area contributed by atoms with Crippen molar-refractivity contribution in [3.8, 4) is 0 Å². The Bertz CT molecular complexity index is 854. The van der Waals surface area contributed by atoms with Crippen LogP contribution in [0.3, 0.4) is 0 Å². The van der Waals surface area contributed by atoms with Crippen molar-refractivity contribution in [3.63, 3.8) is 0 Å². The Balaban J connectivity index is 1.77. The second-order valence-electron chi connectivity index (χ2n) is 6.01. The van der Waals surface area contributed by atoms with Crippen molar-refractivity contribution in [1.29, 1.82) is 0 Å². The Labute approximate surface area is 147 Å². The number of aromatic nitrogens is 2. The van der Waals surface area contributed by atoms with Crippen molar-refractivity contribution in [1.82, 2.24) is 20.4 Å². The van der Waals surface area contributed by atoms with Crippen LogP contribution in [0.2, 0.25) is 0 Å². The lowest BCUT2D eigenvalue weighted by molar-refractivity contribution is 0.0992. The molecule has 0 radical (unpaired) electrons. The molecular weight excluding hydrogens is 314 g/mol. The van der Waals surface area contributed by atoms with Crippen LogP contribution in [0.4, 0.5) is 0 Å². The summed E-state index contributed by atoms with van der Waals surface area (Å²) in [6.45, 7) is 4.42. The van der Waals surface area contributed by atoms with Crippen molar-refractivity contribution >= 4 is 16.8 Å². The smallest absolute Gasteiger partial charge is 0.265 e. The molecule has 0 aliphatic heterocycles. The molecule has 0 spiro atoms. The highest BCUT2D eigenvalue weighted by Gasteiger charge is 2.13. The van der Waals surface area contributed by atoms with E-state index < -0.39 is 5.91 Å². The predicted molar refractivity (Wildman–Crippen MR) is 98.9 cm³/mol. The number of benzene rings is 1. The average Bonchev–Trinajstić information content (AvgIpc) is 2.99. The van der Waals surface area contributed by atoms with Crippen molar-refractivity contribution in [2.75, 3.05) is 6.54 Å². The topological polar surface area (TPSA) is 85.0 Å². The van der Waals surface area contributed by atoms with Gasteiger partial charge in [0.05, 0.1) is 11.7 Å². The van der Waals surface area contributed by atoms with E-state index in [1.54, 1.807) is 12.4 Å². The molecule has 2 aromatic heterocycles. The maximum Gasteiger partial charge on any atom is 0.265 e. The van der Waals surface area contributed by atoms with E-state index in [4.69, 9.17) is 5.73 Å². The van der Waals surface area contributed by atoms with Gasteiger partial charge in [-0.05, 0) is 29.7 Å². The molecule has 0 fully saturated rings. The van der Waals surface area contributed by atoms with Gasteiger partial charge in [0.1, 0.15) is 5.69 Å². The molecule has 0 aliphatic rings. The van der Waals surface area contributed by atoms with E-state index in [0.717, 1.165) is 36.0 Å². The van der Waals surface area contributed by atoms with Crippen LogP contribution in [0.25, 0.3) is 10.9 Å². The summed E-state index contributed by atoms with van der Waals surface area (Å²) in [7, 11) is 0. The van der Waals surface area contributed by atoms with Crippen LogP contribution < -0.4 is 16.6 Å². The fourth-order valence-corrected chi connectivity index (χ4v) is 2.80. The van der Waals surface area contributed by atoms with Gasteiger partial charge >= 0.3 is 0 Å². The fourth-order valence-electron chi connectivity index (χ4n) is 2.80. The van der Waals surface area contributed by atoms with Gasteiger partial charge in [0.2, 0.25) is 0 Å². The predicted octanol–water partition coefficient (Wildman–Crippen LogP) is 2.19. The Hall–Kier alpha value is -2.70. The third kappa shape index (κ3) is 4.04. The number of carbonyl (C=O) groups is 1. The summed E-state index contributed by atoms with van der Waals surface area (Å²) in [6, 6.07) is 12.0. The maximum absolute atomic E-state index is 11.8. The summed E-state index contributed by atoms with van der Waals surface area (Å²) in [5, 5.41) is 0.964. The van der Waals surface area contributed by atoms with Gasteiger partial charge in [0.15, 0.2) is 0 Å². The molecule has 0 saturated heterocycles. The second-order valence-corrected chi connectivity index (χ2v) is 6.01. The SMILES string of the molecule is CCCNNCc1ccc(Cn2c(C(N)=O)cc3ccncc32)cc1. The molecule has 4 N–H and O–H groups in total. The molecule has 3 aromatic rings. The molecule has 3 rings (SSSR count). The summed E-state index contributed by atoms with van der Waals surface area (Å²) in [5.41, 5.74) is 15.6. The minimum atomic E-state index is -0.431. The van der Waals surface area contributed by atoms with Crippen molar-refractivity contribution in [2.45, 2.75) is 26.4 Å². The summed E-state index contributed by atoms with van der Waals surface area (Å²) in [5.74, 6) is -0.431. The van der Waals surface area contributed by atoms with Crippen LogP contribution in [-0.4, -0.2) is 22.0 Å². The molecule has 1 aromatic carbocycles. The fraction of sp³-hybridized carbons (Fsp3) is 0.263. The van der Waals surface area contributed by atoms with Crippen LogP contribution in [0.15, 0.2) is 48.8 Å². The number of pyridine rings is 1. The lowest BCUT2D eigenvalue weighted by Crippen LogP contribution is -2.31. The Kier molecular flexibility index (Phi) is 5.42. The number of nitrogens with one attached hydrogen (secondary N) is 2. The Morgan fingerprint density at radius 2 is 1.92 bits per heavy atom. The molecule has 0 atom stereocenters. The number of hydrogen-bond acceptors (Lipinski definition) is 4. The molecule has 25 heavy (non-hydrogen) atoms. The van der Waals surface area contributed by atoms with E-state index in [0.29, 0.717) is 12.2 Å². The van der Waals surface area contributed by atoms with E-state index in [-0.39, 0.29) is 0 Å². The van der Waals surface area contributed by atoms with Crippen molar-refractivity contribution in [3.05, 3.63) is 65.6 Å². The summed E-state index contributed by atoms with van der Waals surface area (Å²) >= 11 is 0. The minimum Gasteiger partial charge on any atom is -0.364 e. The van der Waals surface area contributed by atoms with Crippen LogP contribution in [0.1, 0.15) is 35.0 Å². The van der Waals surface area contributed by atoms with Gasteiger partial charge in [-0.3, -0.25) is 20.6 Å². The summed E-state index contributed by atoms with van der Waals surface area (Å²) < 4.78 is 1.92. The van der Waals surface area contributed by atoms with Crippen LogP contribution in [0.5, 0.6) is 0 Å². The van der Waals surface area contributed by atoms with E-state index in [1.165, 1.54) is 5.56 Å². The molecule has 0 aliphatic carbocycles. The van der Waals surface area contributed by atoms with Gasteiger partial charge in [-0.2, -0.15) is 0 Å². The number of fused-ring (bicyclic) bond motifs is 1. The van der Waals surface area contributed by atoms with Gasteiger partial charge in [0, 0.05) is 31.2 Å². The number of carbonyl (C=O) groups excluding carboxylic acids is 1. The first-order valence-electron chi connectivity index (χ1n) is 8.45. The van der Waals surface area contributed by atoms with Gasteiger partial charge in [-0.1, -0.05) is 31.2 Å². The first-order chi connectivity index (χ1) is 12.2. The number of primary amides is 1. The highest BCUT2D eigenvalue weighted by atomic mass is 16.1. The summed E-state index contributed by atoms with van der Waals surface area (Å²) in [4.78, 5) is 15.9. The highest BCUT2D eigenvalue weighted by Crippen LogP contribution is 2.20. The number of nitrogens with zero attached hydrogens (tertiary/aromatic N) is 2. The summed E-state index contributed by atoms with van der Waals surface area (Å²) in [6.07, 6.45) is 4.57. The lowest BCUT2D eigenvalue weighted by atomic mass is 10.1. The molecule has 0 unspecified atom stereocenters. The molecule has 1 amide bonds. The molecule has 130 valence electrons. The van der Waals surface area contributed by atoms with E-state index in [2.05, 4.69) is 47.0 Å². The normalized spacial score (nSPS) is 11.1. The zero-order valence-electron chi connectivity index (χ0n) is 14.3. The third-order valence-corrected chi connectivity index (χ3v) is 4.12. The number of hydrazine groups is 1.